The average molecular weight is 263 g/mol. The van der Waals surface area contributed by atoms with Crippen molar-refractivity contribution in [3.05, 3.63) is 12.2 Å². The fourth-order valence-electron chi connectivity index (χ4n) is 3.76. The molecule has 0 aromatic carbocycles. The molecule has 1 saturated carbocycles. The van der Waals surface area contributed by atoms with Crippen LogP contribution in [0.3, 0.4) is 0 Å². The van der Waals surface area contributed by atoms with Crippen LogP contribution in [0, 0.1) is 11.8 Å². The summed E-state index contributed by atoms with van der Waals surface area (Å²) in [7, 11) is 0. The largest absolute Gasteiger partial charge is 0.306 e. The van der Waals surface area contributed by atoms with E-state index in [9.17, 15) is 0 Å². The van der Waals surface area contributed by atoms with Gasteiger partial charge in [-0.3, -0.25) is 5.10 Å². The summed E-state index contributed by atoms with van der Waals surface area (Å²) >= 11 is 0. The van der Waals surface area contributed by atoms with Gasteiger partial charge in [-0.25, -0.2) is 4.98 Å². The van der Waals surface area contributed by atoms with E-state index in [4.69, 9.17) is 0 Å². The van der Waals surface area contributed by atoms with Crippen molar-refractivity contribution >= 4 is 0 Å². The second kappa shape index (κ2) is 5.59. The van der Waals surface area contributed by atoms with Gasteiger partial charge in [-0.15, -0.1) is 0 Å². The van der Waals surface area contributed by atoms with Crippen molar-refractivity contribution in [3.8, 4) is 0 Å². The Hall–Kier alpha value is -0.940. The monoisotopic (exact) mass is 263 g/mol. The second-order valence-corrected chi connectivity index (χ2v) is 6.34. The fourth-order valence-corrected chi connectivity index (χ4v) is 3.76. The van der Waals surface area contributed by atoms with E-state index in [1.54, 1.807) is 6.33 Å². The van der Waals surface area contributed by atoms with E-state index >= 15 is 0 Å². The minimum absolute atomic E-state index is 0.661. The van der Waals surface area contributed by atoms with E-state index in [0.717, 1.165) is 24.2 Å². The van der Waals surface area contributed by atoms with Crippen molar-refractivity contribution in [1.29, 1.82) is 0 Å². The lowest BCUT2D eigenvalue weighted by atomic mass is 9.73. The highest BCUT2D eigenvalue weighted by Crippen LogP contribution is 2.35. The van der Waals surface area contributed by atoms with E-state index in [1.165, 1.54) is 32.4 Å². The molecule has 1 aliphatic carbocycles. The number of rotatable bonds is 4. The summed E-state index contributed by atoms with van der Waals surface area (Å²) in [6.45, 7) is 7.96. The first kappa shape index (κ1) is 13.1. The highest BCUT2D eigenvalue weighted by molar-refractivity contribution is 4.96. The Bertz CT molecular complexity index is 375. The molecule has 2 N–H and O–H groups in total. The van der Waals surface area contributed by atoms with Crippen LogP contribution in [-0.4, -0.2) is 45.3 Å². The van der Waals surface area contributed by atoms with Crippen LogP contribution in [0.1, 0.15) is 38.9 Å². The second-order valence-electron chi connectivity index (χ2n) is 6.34. The molecule has 2 fully saturated rings. The Labute approximate surface area is 115 Å². The Kier molecular flexibility index (Phi) is 3.84. The topological polar surface area (TPSA) is 56.8 Å². The number of hydrogen-bond donors (Lipinski definition) is 2. The molecular formula is C14H25N5. The molecule has 0 amide bonds. The van der Waals surface area contributed by atoms with Crippen LogP contribution in [0.25, 0.3) is 0 Å². The van der Waals surface area contributed by atoms with Crippen molar-refractivity contribution < 1.29 is 0 Å². The lowest BCUT2D eigenvalue weighted by Gasteiger charge is -2.49. The van der Waals surface area contributed by atoms with Gasteiger partial charge in [-0.2, -0.15) is 5.10 Å². The molecule has 2 unspecified atom stereocenters. The number of fused-ring (bicyclic) bond motifs is 2. The number of likely N-dealkylation sites (tertiary alicyclic amines) is 1. The van der Waals surface area contributed by atoms with Gasteiger partial charge in [-0.05, 0) is 38.5 Å². The van der Waals surface area contributed by atoms with E-state index in [-0.39, 0.29) is 0 Å². The minimum Gasteiger partial charge on any atom is -0.306 e. The Balaban J connectivity index is 1.62. The molecule has 1 saturated heterocycles. The van der Waals surface area contributed by atoms with Crippen LogP contribution in [0.5, 0.6) is 0 Å². The molecule has 5 nitrogen and oxygen atoms in total. The third-order valence-corrected chi connectivity index (χ3v) is 4.80. The normalized spacial score (nSPS) is 31.8. The van der Waals surface area contributed by atoms with Crippen LogP contribution >= 0.6 is 0 Å². The van der Waals surface area contributed by atoms with Crippen molar-refractivity contribution in [2.75, 3.05) is 13.1 Å². The molecular weight excluding hydrogens is 238 g/mol. The number of nitrogens with one attached hydrogen (secondary N) is 2. The number of hydrogen-bond acceptors (Lipinski definition) is 4. The predicted molar refractivity (Wildman–Crippen MR) is 74.6 cm³/mol. The molecule has 5 heteroatoms. The summed E-state index contributed by atoms with van der Waals surface area (Å²) in [5.41, 5.74) is 0. The molecule has 19 heavy (non-hydrogen) atoms. The smallest absolute Gasteiger partial charge is 0.138 e. The van der Waals surface area contributed by atoms with Crippen molar-refractivity contribution in [1.82, 2.24) is 25.4 Å². The summed E-state index contributed by atoms with van der Waals surface area (Å²) in [4.78, 5) is 6.85. The maximum absolute atomic E-state index is 4.20. The van der Waals surface area contributed by atoms with Crippen LogP contribution in [-0.2, 0) is 6.54 Å². The number of aromatic amines is 1. The van der Waals surface area contributed by atoms with Gasteiger partial charge in [0.2, 0.25) is 0 Å². The summed E-state index contributed by atoms with van der Waals surface area (Å²) in [5, 5.41) is 10.6. The Morgan fingerprint density at radius 2 is 2.11 bits per heavy atom. The van der Waals surface area contributed by atoms with Crippen LogP contribution in [0.15, 0.2) is 6.33 Å². The highest BCUT2D eigenvalue weighted by Gasteiger charge is 2.39. The van der Waals surface area contributed by atoms with Gasteiger partial charge >= 0.3 is 0 Å². The number of nitrogens with zero attached hydrogens (tertiary/aromatic N) is 3. The third kappa shape index (κ3) is 2.82. The first-order chi connectivity index (χ1) is 9.24. The number of H-pyrrole nitrogens is 1. The lowest BCUT2D eigenvalue weighted by Crippen LogP contribution is -2.58. The van der Waals surface area contributed by atoms with E-state index < -0.39 is 0 Å². The van der Waals surface area contributed by atoms with Gasteiger partial charge in [-0.1, -0.05) is 6.42 Å². The molecule has 1 aliphatic heterocycles. The van der Waals surface area contributed by atoms with Gasteiger partial charge < -0.3 is 10.2 Å². The summed E-state index contributed by atoms with van der Waals surface area (Å²) in [5.74, 6) is 2.56. The van der Waals surface area contributed by atoms with E-state index in [0.29, 0.717) is 12.1 Å². The molecule has 1 aromatic rings. The fraction of sp³-hybridized carbons (Fsp3) is 0.857. The van der Waals surface area contributed by atoms with Gasteiger partial charge in [0.05, 0.1) is 6.54 Å². The zero-order chi connectivity index (χ0) is 13.2. The van der Waals surface area contributed by atoms with Gasteiger partial charge in [0.15, 0.2) is 0 Å². The molecule has 0 radical (unpaired) electrons. The van der Waals surface area contributed by atoms with Crippen LogP contribution in [0.4, 0.5) is 0 Å². The number of aromatic nitrogens is 3. The highest BCUT2D eigenvalue weighted by atomic mass is 15.2. The molecule has 2 aliphatic rings. The molecule has 2 bridgehead atoms. The van der Waals surface area contributed by atoms with Crippen molar-refractivity contribution in [3.63, 3.8) is 0 Å². The van der Waals surface area contributed by atoms with Crippen molar-refractivity contribution in [2.24, 2.45) is 11.8 Å². The van der Waals surface area contributed by atoms with Gasteiger partial charge in [0, 0.05) is 25.2 Å². The van der Waals surface area contributed by atoms with E-state index in [2.05, 4.69) is 39.2 Å². The van der Waals surface area contributed by atoms with Crippen molar-refractivity contribution in [2.45, 2.75) is 51.7 Å². The maximum atomic E-state index is 4.20. The van der Waals surface area contributed by atoms with Crippen LogP contribution < -0.4 is 5.32 Å². The standard InChI is InChI=1S/C14H25N5/c1-10(2)19-7-11-4-3-5-12(8-19)14(11)15-6-13-16-9-17-18-13/h9-12,14-15H,3-8H2,1-2H3,(H,16,17,18). The molecule has 0 spiro atoms. The molecule has 3 rings (SSSR count). The lowest BCUT2D eigenvalue weighted by molar-refractivity contribution is 0.0287. The third-order valence-electron chi connectivity index (χ3n) is 4.80. The summed E-state index contributed by atoms with van der Waals surface area (Å²) in [6, 6.07) is 1.34. The average Bonchev–Trinajstić information content (AvgIpc) is 2.88. The zero-order valence-electron chi connectivity index (χ0n) is 12.0. The first-order valence-corrected chi connectivity index (χ1v) is 7.55. The van der Waals surface area contributed by atoms with Gasteiger partial charge in [0.1, 0.15) is 12.2 Å². The SMILES string of the molecule is CC(C)N1CC2CCCC(C1)C2NCc1ncn[nH]1. The first-order valence-electron chi connectivity index (χ1n) is 7.55. The predicted octanol–water partition coefficient (Wildman–Crippen LogP) is 1.40. The maximum Gasteiger partial charge on any atom is 0.138 e. The summed E-state index contributed by atoms with van der Waals surface area (Å²) < 4.78 is 0. The van der Waals surface area contributed by atoms with E-state index in [1.807, 2.05) is 0 Å². The Morgan fingerprint density at radius 1 is 1.37 bits per heavy atom. The zero-order valence-corrected chi connectivity index (χ0v) is 12.0. The molecule has 1 aromatic heterocycles. The summed E-state index contributed by atoms with van der Waals surface area (Å²) in [6.07, 6.45) is 5.72. The molecule has 2 heterocycles. The molecule has 2 atom stereocenters. The molecule has 106 valence electrons. The van der Waals surface area contributed by atoms with Gasteiger partial charge in [0.25, 0.3) is 0 Å². The minimum atomic E-state index is 0.661. The van der Waals surface area contributed by atoms with Crippen LogP contribution in [0.2, 0.25) is 0 Å². The Morgan fingerprint density at radius 3 is 2.68 bits per heavy atom. The quantitative estimate of drug-likeness (QED) is 0.862. The number of piperidine rings is 1.